The Bertz CT molecular complexity index is 903. The molecule has 0 spiro atoms. The number of hydrogen-bond acceptors (Lipinski definition) is 2. The summed E-state index contributed by atoms with van der Waals surface area (Å²) in [5.74, 6) is 0. The van der Waals surface area contributed by atoms with E-state index in [0.29, 0.717) is 0 Å². The molecule has 2 nitrogen and oxygen atoms in total. The molecule has 0 atom stereocenters. The van der Waals surface area contributed by atoms with Crippen LogP contribution in [0.25, 0.3) is 24.3 Å². The molecule has 0 unspecified atom stereocenters. The van der Waals surface area contributed by atoms with Crippen molar-refractivity contribution in [1.82, 2.24) is 9.97 Å². The normalized spacial score (nSPS) is 12.1. The van der Waals surface area contributed by atoms with Gasteiger partial charge in [0.05, 0.1) is 23.8 Å². The van der Waals surface area contributed by atoms with Gasteiger partial charge in [-0.1, -0.05) is 96.1 Å². The van der Waals surface area contributed by atoms with Gasteiger partial charge in [0, 0.05) is 0 Å². The zero-order valence-corrected chi connectivity index (χ0v) is 16.3. The minimum atomic E-state index is 0.834. The third-order valence-electron chi connectivity index (χ3n) is 4.18. The number of rotatable bonds is 6. The maximum Gasteiger partial charge on any atom is 0.0813 e. The number of hydrogen-bond donors (Lipinski definition) is 0. The molecule has 0 fully saturated rings. The summed E-state index contributed by atoms with van der Waals surface area (Å²) >= 11 is 0. The lowest BCUT2D eigenvalue weighted by atomic mass is 10.1. The van der Waals surface area contributed by atoms with Gasteiger partial charge in [0.25, 0.3) is 0 Å². The van der Waals surface area contributed by atoms with Gasteiger partial charge in [0.1, 0.15) is 0 Å². The third-order valence-corrected chi connectivity index (χ3v) is 4.18. The van der Waals surface area contributed by atoms with E-state index in [-0.39, 0.29) is 0 Å². The molecule has 138 valence electrons. The van der Waals surface area contributed by atoms with Crippen molar-refractivity contribution in [1.29, 1.82) is 0 Å². The lowest BCUT2D eigenvalue weighted by molar-refractivity contribution is 1.16. The van der Waals surface area contributed by atoms with E-state index >= 15 is 0 Å². The van der Waals surface area contributed by atoms with Crippen molar-refractivity contribution in [2.45, 2.75) is 13.8 Å². The van der Waals surface area contributed by atoms with Crippen molar-refractivity contribution in [3.8, 4) is 0 Å². The Labute approximate surface area is 167 Å². The highest BCUT2D eigenvalue weighted by atomic mass is 14.8. The number of aryl methyl sites for hydroxylation is 2. The van der Waals surface area contributed by atoms with Crippen molar-refractivity contribution in [3.05, 3.63) is 119 Å². The Morgan fingerprint density at radius 1 is 0.500 bits per heavy atom. The van der Waals surface area contributed by atoms with E-state index in [1.807, 2.05) is 36.5 Å². The molecule has 0 aliphatic carbocycles. The van der Waals surface area contributed by atoms with Crippen molar-refractivity contribution in [3.63, 3.8) is 0 Å². The fourth-order valence-electron chi connectivity index (χ4n) is 2.52. The maximum atomic E-state index is 4.42. The minimum Gasteiger partial charge on any atom is -0.253 e. The van der Waals surface area contributed by atoms with E-state index in [1.54, 1.807) is 12.4 Å². The van der Waals surface area contributed by atoms with Crippen LogP contribution in [0, 0.1) is 13.8 Å². The fourth-order valence-corrected chi connectivity index (χ4v) is 2.52. The van der Waals surface area contributed by atoms with E-state index in [4.69, 9.17) is 0 Å². The SMILES string of the molecule is Cc1ccc(C=CC=Cc2cnc(C=CC=Cc3ccc(C)cc3)cn2)cc1. The van der Waals surface area contributed by atoms with Crippen LogP contribution in [0.5, 0.6) is 0 Å². The second-order valence-corrected chi connectivity index (χ2v) is 6.62. The Morgan fingerprint density at radius 2 is 0.857 bits per heavy atom. The highest BCUT2D eigenvalue weighted by Crippen LogP contribution is 2.07. The first kappa shape index (κ1) is 19.2. The molecular formula is C26H24N2. The van der Waals surface area contributed by atoms with Gasteiger partial charge in [-0.05, 0) is 37.1 Å². The second-order valence-electron chi connectivity index (χ2n) is 6.62. The maximum absolute atomic E-state index is 4.42. The second kappa shape index (κ2) is 9.98. The summed E-state index contributed by atoms with van der Waals surface area (Å²) in [5, 5.41) is 0. The summed E-state index contributed by atoms with van der Waals surface area (Å²) in [7, 11) is 0. The molecule has 28 heavy (non-hydrogen) atoms. The fraction of sp³-hybridized carbons (Fsp3) is 0.0769. The highest BCUT2D eigenvalue weighted by molar-refractivity contribution is 5.57. The Kier molecular flexibility index (Phi) is 6.86. The van der Waals surface area contributed by atoms with Gasteiger partial charge in [-0.15, -0.1) is 0 Å². The van der Waals surface area contributed by atoms with Crippen LogP contribution >= 0.6 is 0 Å². The van der Waals surface area contributed by atoms with Crippen LogP contribution in [-0.2, 0) is 0 Å². The Balaban J connectivity index is 1.52. The van der Waals surface area contributed by atoms with E-state index < -0.39 is 0 Å². The van der Waals surface area contributed by atoms with Crippen LogP contribution in [0.2, 0.25) is 0 Å². The monoisotopic (exact) mass is 364 g/mol. The topological polar surface area (TPSA) is 25.8 Å². The molecule has 1 aromatic heterocycles. The van der Waals surface area contributed by atoms with Crippen LogP contribution in [0.3, 0.4) is 0 Å². The van der Waals surface area contributed by atoms with Crippen LogP contribution in [0.1, 0.15) is 33.6 Å². The van der Waals surface area contributed by atoms with Crippen molar-refractivity contribution < 1.29 is 0 Å². The summed E-state index contributed by atoms with van der Waals surface area (Å²) in [6.07, 6.45) is 19.6. The van der Waals surface area contributed by atoms with Crippen molar-refractivity contribution in [2.24, 2.45) is 0 Å². The predicted octanol–water partition coefficient (Wildman–Crippen LogP) is 6.55. The van der Waals surface area contributed by atoms with Crippen LogP contribution in [0.4, 0.5) is 0 Å². The van der Waals surface area contributed by atoms with E-state index in [0.717, 1.165) is 11.4 Å². The zero-order valence-electron chi connectivity index (χ0n) is 16.3. The van der Waals surface area contributed by atoms with Crippen molar-refractivity contribution in [2.75, 3.05) is 0 Å². The van der Waals surface area contributed by atoms with Gasteiger partial charge in [-0.3, -0.25) is 9.97 Å². The van der Waals surface area contributed by atoms with Gasteiger partial charge in [-0.2, -0.15) is 0 Å². The molecular weight excluding hydrogens is 340 g/mol. The standard InChI is InChI=1S/C26H24N2/c1-21-11-15-23(16-12-21)7-3-5-9-25-19-28-26(20-27-25)10-6-4-8-24-17-13-22(2)14-18-24/h3-20H,1-2H3. The molecule has 3 aromatic rings. The molecule has 0 amide bonds. The molecule has 0 N–H and O–H groups in total. The summed E-state index contributed by atoms with van der Waals surface area (Å²) in [5.41, 5.74) is 6.56. The van der Waals surface area contributed by atoms with Crippen LogP contribution < -0.4 is 0 Å². The van der Waals surface area contributed by atoms with E-state index in [9.17, 15) is 0 Å². The summed E-state index contributed by atoms with van der Waals surface area (Å²) < 4.78 is 0. The number of benzene rings is 2. The zero-order chi connectivity index (χ0) is 19.6. The molecule has 2 aromatic carbocycles. The highest BCUT2D eigenvalue weighted by Gasteiger charge is 1.91. The molecule has 0 aliphatic rings. The molecule has 0 saturated heterocycles. The molecule has 0 radical (unpaired) electrons. The third kappa shape index (κ3) is 6.33. The lowest BCUT2D eigenvalue weighted by Crippen LogP contribution is -1.86. The van der Waals surface area contributed by atoms with Crippen LogP contribution in [-0.4, -0.2) is 9.97 Å². The molecule has 2 heteroatoms. The van der Waals surface area contributed by atoms with E-state index in [1.165, 1.54) is 22.3 Å². The largest absolute Gasteiger partial charge is 0.253 e. The lowest BCUT2D eigenvalue weighted by Gasteiger charge is -1.95. The first-order chi connectivity index (χ1) is 13.7. The number of nitrogens with zero attached hydrogens (tertiary/aromatic N) is 2. The predicted molar refractivity (Wildman–Crippen MR) is 121 cm³/mol. The Hall–Kier alpha value is -3.52. The quantitative estimate of drug-likeness (QED) is 0.464. The summed E-state index contributed by atoms with van der Waals surface area (Å²) in [4.78, 5) is 8.85. The van der Waals surface area contributed by atoms with Gasteiger partial charge in [0.2, 0.25) is 0 Å². The van der Waals surface area contributed by atoms with Crippen LogP contribution in [0.15, 0.2) is 85.2 Å². The minimum absolute atomic E-state index is 0.834. The first-order valence-electron chi connectivity index (χ1n) is 9.34. The molecule has 0 aliphatic heterocycles. The Morgan fingerprint density at radius 3 is 1.21 bits per heavy atom. The molecule has 0 saturated carbocycles. The van der Waals surface area contributed by atoms with Crippen molar-refractivity contribution >= 4 is 24.3 Å². The smallest absolute Gasteiger partial charge is 0.0813 e. The van der Waals surface area contributed by atoms with Gasteiger partial charge in [-0.25, -0.2) is 0 Å². The van der Waals surface area contributed by atoms with Gasteiger partial charge < -0.3 is 0 Å². The average Bonchev–Trinajstić information content (AvgIpc) is 2.72. The molecule has 1 heterocycles. The van der Waals surface area contributed by atoms with Gasteiger partial charge in [0.15, 0.2) is 0 Å². The summed E-state index contributed by atoms with van der Waals surface area (Å²) in [6, 6.07) is 16.9. The van der Waals surface area contributed by atoms with Gasteiger partial charge >= 0.3 is 0 Å². The first-order valence-corrected chi connectivity index (χ1v) is 9.34. The number of allylic oxidation sites excluding steroid dienone is 4. The molecule has 0 bridgehead atoms. The number of aromatic nitrogens is 2. The summed E-state index contributed by atoms with van der Waals surface area (Å²) in [6.45, 7) is 4.18. The molecule has 3 rings (SSSR count). The van der Waals surface area contributed by atoms with E-state index in [2.05, 4.69) is 84.5 Å². The average molecular weight is 364 g/mol.